The number of ketones is 2. The number of carbonyl (C=O) groups is 2. The van der Waals surface area contributed by atoms with Gasteiger partial charge >= 0.3 is 6.01 Å². The second kappa shape index (κ2) is 8.54. The van der Waals surface area contributed by atoms with E-state index >= 15 is 0 Å². The van der Waals surface area contributed by atoms with Gasteiger partial charge in [-0.25, -0.2) is 4.98 Å². The van der Waals surface area contributed by atoms with E-state index in [4.69, 9.17) is 4.42 Å². The highest BCUT2D eigenvalue weighted by Gasteiger charge is 2.21. The van der Waals surface area contributed by atoms with E-state index in [1.54, 1.807) is 0 Å². The minimum Gasteiger partial charge on any atom is -0.400 e. The summed E-state index contributed by atoms with van der Waals surface area (Å²) < 4.78 is 6.28. The van der Waals surface area contributed by atoms with Crippen LogP contribution in [0.15, 0.2) is 52.9 Å². The maximum atomic E-state index is 12.7. The SMILES string of the molecule is CC(C)CC(=O)CNc1nnc(C(=O)c2nc3ccc(-c4ccccc4)cc3s2)o1. The molecule has 0 saturated carbocycles. The van der Waals surface area contributed by atoms with Gasteiger partial charge in [0.2, 0.25) is 0 Å². The fraction of sp³-hybridized carbons (Fsp3) is 0.227. The first-order valence-corrected chi connectivity index (χ1v) is 10.4. The van der Waals surface area contributed by atoms with Crippen LogP contribution in [-0.4, -0.2) is 33.3 Å². The predicted molar refractivity (Wildman–Crippen MR) is 116 cm³/mol. The Bertz CT molecular complexity index is 1200. The average Bonchev–Trinajstić information content (AvgIpc) is 3.38. The molecule has 4 aromatic rings. The molecule has 152 valence electrons. The van der Waals surface area contributed by atoms with Crippen LogP contribution in [0.2, 0.25) is 0 Å². The highest BCUT2D eigenvalue weighted by Crippen LogP contribution is 2.29. The largest absolute Gasteiger partial charge is 0.400 e. The van der Waals surface area contributed by atoms with Gasteiger partial charge < -0.3 is 9.73 Å². The summed E-state index contributed by atoms with van der Waals surface area (Å²) in [5, 5.41) is 10.6. The Labute approximate surface area is 177 Å². The van der Waals surface area contributed by atoms with Gasteiger partial charge in [-0.2, -0.15) is 0 Å². The molecular weight excluding hydrogens is 400 g/mol. The summed E-state index contributed by atoms with van der Waals surface area (Å²) in [7, 11) is 0. The normalized spacial score (nSPS) is 11.2. The van der Waals surface area contributed by atoms with Crippen molar-refractivity contribution in [3.63, 3.8) is 0 Å². The Morgan fingerprint density at radius 3 is 2.63 bits per heavy atom. The van der Waals surface area contributed by atoms with Crippen LogP contribution in [0.25, 0.3) is 21.3 Å². The molecule has 2 aromatic carbocycles. The quantitative estimate of drug-likeness (QED) is 0.416. The standard InChI is InChI=1S/C22H20N4O3S/c1-13(2)10-16(27)12-23-22-26-25-20(29-22)19(28)21-24-17-9-8-15(11-18(17)30-21)14-6-4-3-5-7-14/h3-9,11,13H,10,12H2,1-2H3,(H,23,26). The second-order valence-electron chi connectivity index (χ2n) is 7.30. The number of carbonyl (C=O) groups excluding carboxylic acids is 2. The van der Waals surface area contributed by atoms with Crippen LogP contribution < -0.4 is 5.32 Å². The fourth-order valence-electron chi connectivity index (χ4n) is 3.01. The Morgan fingerprint density at radius 1 is 1.07 bits per heavy atom. The molecule has 0 atom stereocenters. The molecule has 0 aliphatic heterocycles. The lowest BCUT2D eigenvalue weighted by Crippen LogP contribution is -2.15. The first-order valence-electron chi connectivity index (χ1n) is 9.59. The van der Waals surface area contributed by atoms with Gasteiger partial charge in [-0.05, 0) is 29.2 Å². The van der Waals surface area contributed by atoms with Gasteiger partial charge in [0.15, 0.2) is 10.8 Å². The van der Waals surface area contributed by atoms with E-state index < -0.39 is 5.78 Å². The lowest BCUT2D eigenvalue weighted by molar-refractivity contribution is -0.118. The second-order valence-corrected chi connectivity index (χ2v) is 8.33. The summed E-state index contributed by atoms with van der Waals surface area (Å²) in [5.74, 6) is -0.278. The van der Waals surface area contributed by atoms with E-state index in [0.29, 0.717) is 6.42 Å². The Morgan fingerprint density at radius 2 is 1.87 bits per heavy atom. The van der Waals surface area contributed by atoms with Crippen molar-refractivity contribution in [1.29, 1.82) is 0 Å². The summed E-state index contributed by atoms with van der Waals surface area (Å²) in [5.41, 5.74) is 2.89. The number of rotatable bonds is 8. The van der Waals surface area contributed by atoms with E-state index in [1.165, 1.54) is 11.3 Å². The third-order valence-electron chi connectivity index (χ3n) is 4.38. The molecule has 30 heavy (non-hydrogen) atoms. The van der Waals surface area contributed by atoms with Crippen LogP contribution in [0, 0.1) is 5.92 Å². The molecule has 2 heterocycles. The number of hydrogen-bond acceptors (Lipinski definition) is 8. The summed E-state index contributed by atoms with van der Waals surface area (Å²) in [4.78, 5) is 28.9. The van der Waals surface area contributed by atoms with Crippen molar-refractivity contribution >= 4 is 39.1 Å². The van der Waals surface area contributed by atoms with Crippen molar-refractivity contribution in [2.75, 3.05) is 11.9 Å². The van der Waals surface area contributed by atoms with Crippen LogP contribution in [0.3, 0.4) is 0 Å². The highest BCUT2D eigenvalue weighted by molar-refractivity contribution is 7.20. The zero-order valence-electron chi connectivity index (χ0n) is 16.6. The predicted octanol–water partition coefficient (Wildman–Crippen LogP) is 4.60. The molecule has 0 saturated heterocycles. The van der Waals surface area contributed by atoms with Gasteiger partial charge in [0, 0.05) is 6.42 Å². The lowest BCUT2D eigenvalue weighted by Gasteiger charge is -2.03. The number of aromatic nitrogens is 3. The van der Waals surface area contributed by atoms with Crippen LogP contribution in [0.4, 0.5) is 6.01 Å². The lowest BCUT2D eigenvalue weighted by atomic mass is 10.1. The van der Waals surface area contributed by atoms with E-state index in [-0.39, 0.29) is 35.2 Å². The van der Waals surface area contributed by atoms with Gasteiger partial charge in [0.1, 0.15) is 0 Å². The van der Waals surface area contributed by atoms with Crippen molar-refractivity contribution in [3.8, 4) is 11.1 Å². The third-order valence-corrected chi connectivity index (χ3v) is 5.40. The molecule has 4 rings (SSSR count). The van der Waals surface area contributed by atoms with Gasteiger partial charge in [0.25, 0.3) is 11.7 Å². The zero-order valence-corrected chi connectivity index (χ0v) is 17.4. The molecule has 0 unspecified atom stereocenters. The first-order chi connectivity index (χ1) is 14.5. The van der Waals surface area contributed by atoms with E-state index in [2.05, 4.69) is 20.5 Å². The van der Waals surface area contributed by atoms with E-state index in [0.717, 1.165) is 21.3 Å². The molecular formula is C22H20N4O3S. The maximum absolute atomic E-state index is 12.7. The minimum atomic E-state index is -0.438. The van der Waals surface area contributed by atoms with Gasteiger partial charge in [0.05, 0.1) is 16.8 Å². The fourth-order valence-corrected chi connectivity index (χ4v) is 3.95. The number of benzene rings is 2. The minimum absolute atomic E-state index is 0.0384. The monoisotopic (exact) mass is 420 g/mol. The first kappa shape index (κ1) is 19.9. The van der Waals surface area contributed by atoms with Gasteiger partial charge in [-0.15, -0.1) is 16.4 Å². The van der Waals surface area contributed by atoms with Crippen LogP contribution in [0.1, 0.15) is 36.0 Å². The van der Waals surface area contributed by atoms with E-state index in [9.17, 15) is 9.59 Å². The number of Topliss-reactive ketones (excluding diaryl/α,β-unsaturated/α-hetero) is 1. The van der Waals surface area contributed by atoms with Crippen LogP contribution in [-0.2, 0) is 4.79 Å². The van der Waals surface area contributed by atoms with Crippen molar-refractivity contribution in [2.24, 2.45) is 5.92 Å². The van der Waals surface area contributed by atoms with Crippen LogP contribution >= 0.6 is 11.3 Å². The number of nitrogens with zero attached hydrogens (tertiary/aromatic N) is 3. The van der Waals surface area contributed by atoms with Gasteiger partial charge in [-0.1, -0.05) is 55.3 Å². The Balaban J connectivity index is 1.49. The molecule has 0 amide bonds. The maximum Gasteiger partial charge on any atom is 0.316 e. The highest BCUT2D eigenvalue weighted by atomic mass is 32.1. The number of nitrogens with one attached hydrogen (secondary N) is 1. The molecule has 0 spiro atoms. The van der Waals surface area contributed by atoms with Gasteiger partial charge in [-0.3, -0.25) is 9.59 Å². The smallest absolute Gasteiger partial charge is 0.316 e. The summed E-state index contributed by atoms with van der Waals surface area (Å²) in [6.45, 7) is 4.03. The molecule has 0 radical (unpaired) electrons. The third kappa shape index (κ3) is 4.44. The molecule has 1 N–H and O–H groups in total. The molecule has 8 heteroatoms. The molecule has 0 aliphatic rings. The number of hydrogen-bond donors (Lipinski definition) is 1. The molecule has 0 bridgehead atoms. The molecule has 0 aliphatic carbocycles. The average molecular weight is 420 g/mol. The number of anilines is 1. The van der Waals surface area contributed by atoms with Crippen LogP contribution in [0.5, 0.6) is 0 Å². The molecule has 2 aromatic heterocycles. The summed E-state index contributed by atoms with van der Waals surface area (Å²) in [6, 6.07) is 15.9. The zero-order chi connectivity index (χ0) is 21.1. The molecule has 0 fully saturated rings. The molecule has 7 nitrogen and oxygen atoms in total. The summed E-state index contributed by atoms with van der Waals surface area (Å²) in [6.07, 6.45) is 0.462. The van der Waals surface area contributed by atoms with E-state index in [1.807, 2.05) is 62.4 Å². The topological polar surface area (TPSA) is 98.0 Å². The summed E-state index contributed by atoms with van der Waals surface area (Å²) >= 11 is 1.28. The Hall–Kier alpha value is -3.39. The number of fused-ring (bicyclic) bond motifs is 1. The van der Waals surface area contributed by atoms with Crippen molar-refractivity contribution in [2.45, 2.75) is 20.3 Å². The Kier molecular flexibility index (Phi) is 5.67. The van der Waals surface area contributed by atoms with Crippen molar-refractivity contribution in [1.82, 2.24) is 15.2 Å². The number of thiazole rings is 1. The van der Waals surface area contributed by atoms with Crippen molar-refractivity contribution in [3.05, 3.63) is 59.4 Å². The van der Waals surface area contributed by atoms with Crippen molar-refractivity contribution < 1.29 is 14.0 Å².